The molecule has 3 rings (SSSR count). The fourth-order valence-electron chi connectivity index (χ4n) is 5.36. The number of nitrogens with one attached hydrogen (secondary N) is 3. The molecule has 1 unspecified atom stereocenters. The van der Waals surface area contributed by atoms with Crippen LogP contribution in [0.5, 0.6) is 0 Å². The number of ether oxygens (including phenoxy) is 3. The molecule has 3 saturated heterocycles. The molecule has 53 heavy (non-hydrogen) atoms. The predicted octanol–water partition coefficient (Wildman–Crippen LogP) is -8.53. The Balaban J connectivity index is 1.59. The van der Waals surface area contributed by atoms with Crippen molar-refractivity contribution in [1.29, 1.82) is 0 Å². The quantitative estimate of drug-likeness (QED) is 0.0574. The molecule has 24 nitrogen and oxygen atoms in total. The van der Waals surface area contributed by atoms with Crippen molar-refractivity contribution in [3.05, 3.63) is 0 Å². The zero-order valence-electron chi connectivity index (χ0n) is 27.7. The number of nitrogens with two attached hydrogens (primary N) is 1. The highest BCUT2D eigenvalue weighted by Crippen LogP contribution is 2.29. The Morgan fingerprint density at radius 2 is 1.57 bits per heavy atom. The number of carboxylic acid groups (broad SMARTS) is 2. The molecule has 3 heterocycles. The number of thioether (sulfide) groups is 1. The predicted molar refractivity (Wildman–Crippen MR) is 170 cm³/mol. The van der Waals surface area contributed by atoms with Gasteiger partial charge in [0.1, 0.15) is 74.0 Å². The lowest BCUT2D eigenvalue weighted by Crippen LogP contribution is -2.67. The molecule has 14 N–H and O–H groups in total. The van der Waals surface area contributed by atoms with E-state index in [1.165, 1.54) is 0 Å². The van der Waals surface area contributed by atoms with Gasteiger partial charge in [0, 0.05) is 18.6 Å². The van der Waals surface area contributed by atoms with Crippen molar-refractivity contribution in [2.45, 2.75) is 97.9 Å². The van der Waals surface area contributed by atoms with Crippen LogP contribution in [0, 0.1) is 0 Å². The van der Waals surface area contributed by atoms with E-state index in [0.29, 0.717) is 4.90 Å². The SMILES string of the molecule is N[C@@H](CCC(=O)N[C@@H](CSC1CC(=O)N(CC(=O)N[C@@H]2O[C@H](CO)[C@@H](O[C@@H]3O[C@H](CO)[C@@H](O)[C@H](O)[C@H]3O)[C@H](O)[C@H]2O)C1=O)C(=O)NCC(=O)O)C(=O)O. The van der Waals surface area contributed by atoms with E-state index >= 15 is 0 Å². The van der Waals surface area contributed by atoms with E-state index in [4.69, 9.17) is 30.2 Å². The molecule has 0 spiro atoms. The number of carbonyl (C=O) groups is 7. The van der Waals surface area contributed by atoms with Gasteiger partial charge in [-0.3, -0.25) is 38.5 Å². The number of carbonyl (C=O) groups excluding carboxylic acids is 5. The lowest BCUT2D eigenvalue weighted by molar-refractivity contribution is -0.343. The van der Waals surface area contributed by atoms with Crippen molar-refractivity contribution in [2.75, 3.05) is 32.1 Å². The molecular weight excluding hydrogens is 742 g/mol. The van der Waals surface area contributed by atoms with Gasteiger partial charge in [-0.05, 0) is 6.42 Å². The first-order valence-electron chi connectivity index (χ1n) is 16.0. The van der Waals surface area contributed by atoms with Gasteiger partial charge in [0.15, 0.2) is 12.5 Å². The number of aliphatic hydroxyl groups excluding tert-OH is 7. The van der Waals surface area contributed by atoms with Gasteiger partial charge in [-0.25, -0.2) is 0 Å². The van der Waals surface area contributed by atoms with Gasteiger partial charge in [0.25, 0.3) is 0 Å². The molecule has 3 fully saturated rings. The fourth-order valence-corrected chi connectivity index (χ4v) is 6.55. The van der Waals surface area contributed by atoms with Gasteiger partial charge < -0.3 is 81.9 Å². The van der Waals surface area contributed by atoms with Crippen molar-refractivity contribution in [2.24, 2.45) is 5.73 Å². The second-order valence-corrected chi connectivity index (χ2v) is 13.4. The van der Waals surface area contributed by atoms with E-state index in [-0.39, 0.29) is 12.2 Å². The largest absolute Gasteiger partial charge is 0.480 e. The Morgan fingerprint density at radius 3 is 2.17 bits per heavy atom. The molecule has 300 valence electrons. The summed E-state index contributed by atoms with van der Waals surface area (Å²) in [5.41, 5.74) is 5.38. The molecule has 0 saturated carbocycles. The molecule has 13 atom stereocenters. The molecule has 3 aliphatic heterocycles. The summed E-state index contributed by atoms with van der Waals surface area (Å²) in [6.45, 7) is -3.42. The summed E-state index contributed by atoms with van der Waals surface area (Å²) in [6.07, 6.45) is -18.7. The number of aliphatic carboxylic acids is 2. The Hall–Kier alpha value is -3.60. The molecule has 0 radical (unpaired) electrons. The lowest BCUT2D eigenvalue weighted by Gasteiger charge is -2.46. The van der Waals surface area contributed by atoms with Gasteiger partial charge in [-0.1, -0.05) is 0 Å². The second kappa shape index (κ2) is 19.6. The van der Waals surface area contributed by atoms with Crippen LogP contribution in [-0.4, -0.2) is 203 Å². The number of imide groups is 1. The van der Waals surface area contributed by atoms with E-state index in [1.54, 1.807) is 0 Å². The van der Waals surface area contributed by atoms with Gasteiger partial charge in [0.2, 0.25) is 29.5 Å². The van der Waals surface area contributed by atoms with Crippen LogP contribution in [0.3, 0.4) is 0 Å². The smallest absolute Gasteiger partial charge is 0.322 e. The Bertz CT molecular complexity index is 1360. The maximum Gasteiger partial charge on any atom is 0.322 e. The highest BCUT2D eigenvalue weighted by Gasteiger charge is 2.51. The van der Waals surface area contributed by atoms with Gasteiger partial charge in [-0.2, -0.15) is 0 Å². The molecular formula is C28H43N5O19S. The minimum absolute atomic E-state index is 0.288. The number of hydrogen-bond acceptors (Lipinski definition) is 19. The summed E-state index contributed by atoms with van der Waals surface area (Å²) in [7, 11) is 0. The van der Waals surface area contributed by atoms with Crippen LogP contribution in [0.15, 0.2) is 0 Å². The monoisotopic (exact) mass is 785 g/mol. The molecule has 0 bridgehead atoms. The number of rotatable bonds is 18. The third-order valence-corrected chi connectivity index (χ3v) is 9.64. The fraction of sp³-hybridized carbons (Fsp3) is 0.750. The highest BCUT2D eigenvalue weighted by molar-refractivity contribution is 8.00. The first kappa shape index (κ1) is 43.8. The molecule has 0 aromatic carbocycles. The molecule has 0 aromatic rings. The van der Waals surface area contributed by atoms with Crippen LogP contribution >= 0.6 is 11.8 Å². The molecule has 5 amide bonds. The van der Waals surface area contributed by atoms with Crippen molar-refractivity contribution < 1.29 is 93.7 Å². The lowest BCUT2D eigenvalue weighted by atomic mass is 9.96. The van der Waals surface area contributed by atoms with Crippen LogP contribution in [0.4, 0.5) is 0 Å². The first-order chi connectivity index (χ1) is 24.9. The van der Waals surface area contributed by atoms with Crippen LogP contribution in [0.2, 0.25) is 0 Å². The number of hydrogen-bond donors (Lipinski definition) is 13. The first-order valence-corrected chi connectivity index (χ1v) is 17.1. The topological polar surface area (TPSA) is 395 Å². The minimum atomic E-state index is -1.98. The third kappa shape index (κ3) is 11.4. The summed E-state index contributed by atoms with van der Waals surface area (Å²) in [4.78, 5) is 86.0. The molecule has 25 heteroatoms. The highest BCUT2D eigenvalue weighted by atomic mass is 32.2. The van der Waals surface area contributed by atoms with E-state index in [9.17, 15) is 69.3 Å². The van der Waals surface area contributed by atoms with Gasteiger partial charge in [-0.15, -0.1) is 11.8 Å². The van der Waals surface area contributed by atoms with Crippen molar-refractivity contribution >= 4 is 53.2 Å². The second-order valence-electron chi connectivity index (χ2n) is 12.2. The zero-order valence-corrected chi connectivity index (χ0v) is 28.5. The summed E-state index contributed by atoms with van der Waals surface area (Å²) in [5, 5.41) is 94.1. The number of aliphatic hydroxyl groups is 7. The van der Waals surface area contributed by atoms with Gasteiger partial charge in [0.05, 0.1) is 18.5 Å². The van der Waals surface area contributed by atoms with E-state index in [0.717, 1.165) is 11.8 Å². The van der Waals surface area contributed by atoms with Crippen molar-refractivity contribution in [3.8, 4) is 0 Å². The summed E-state index contributed by atoms with van der Waals surface area (Å²) in [6, 6.07) is -2.80. The van der Waals surface area contributed by atoms with Crippen molar-refractivity contribution in [3.63, 3.8) is 0 Å². The Labute approximate surface area is 303 Å². The van der Waals surface area contributed by atoms with E-state index < -0.39 is 159 Å². The summed E-state index contributed by atoms with van der Waals surface area (Å²) in [5.74, 6) is -7.68. The number of amides is 5. The minimum Gasteiger partial charge on any atom is -0.480 e. The van der Waals surface area contributed by atoms with Gasteiger partial charge >= 0.3 is 11.9 Å². The van der Waals surface area contributed by atoms with E-state index in [1.807, 2.05) is 0 Å². The zero-order chi connectivity index (χ0) is 39.7. The average Bonchev–Trinajstić information content (AvgIpc) is 3.37. The molecule has 0 aromatic heterocycles. The Kier molecular flexibility index (Phi) is 16.2. The van der Waals surface area contributed by atoms with E-state index in [2.05, 4.69) is 16.0 Å². The maximum atomic E-state index is 13.1. The third-order valence-electron chi connectivity index (χ3n) is 8.34. The maximum absolute atomic E-state index is 13.1. The van der Waals surface area contributed by atoms with Crippen LogP contribution in [-0.2, 0) is 47.8 Å². The standard InChI is InChI=1S/C28H43N5O19S/c29-9(27(48)49)1-2-14(36)31-10(24(46)30-4-17(39)40)8-53-13-3-16(38)33(26(13)47)5-15(37)32-25-21(44)20(43)23(12(7-35)50-25)52-28-22(45)19(42)18(41)11(6-34)51-28/h9-13,18-23,25,28,34-35,41-45H,1-8,29H2,(H,30,46)(H,31,36)(H,32,37)(H,39,40)(H,48,49)/t9-,10-,11+,12+,13?,18+,19-,20+,21+,22+,23+,25+,28-/m0/s1. The van der Waals surface area contributed by atoms with Crippen LogP contribution < -0.4 is 21.7 Å². The summed E-state index contributed by atoms with van der Waals surface area (Å²) < 4.78 is 16.1. The Morgan fingerprint density at radius 1 is 0.906 bits per heavy atom. The average molecular weight is 786 g/mol. The van der Waals surface area contributed by atoms with Crippen LogP contribution in [0.1, 0.15) is 19.3 Å². The van der Waals surface area contributed by atoms with Crippen molar-refractivity contribution in [1.82, 2.24) is 20.9 Å². The normalized spacial score (nSPS) is 32.8. The summed E-state index contributed by atoms with van der Waals surface area (Å²) >= 11 is 0.728. The molecule has 3 aliphatic rings. The number of carboxylic acids is 2. The van der Waals surface area contributed by atoms with Crippen LogP contribution in [0.25, 0.3) is 0 Å². The number of likely N-dealkylation sites (tertiary alicyclic amines) is 1. The number of nitrogens with zero attached hydrogens (tertiary/aromatic N) is 1. The molecule has 0 aliphatic carbocycles.